The number of alkyl halides is 1. The summed E-state index contributed by atoms with van der Waals surface area (Å²) in [5, 5.41) is 0. The normalized spacial score (nSPS) is 13.8. The highest BCUT2D eigenvalue weighted by atomic mass is 79.9. The lowest BCUT2D eigenvalue weighted by molar-refractivity contribution is 0.435. The summed E-state index contributed by atoms with van der Waals surface area (Å²) >= 11 is 3.93. The third-order valence-electron chi connectivity index (χ3n) is 3.83. The zero-order chi connectivity index (χ0) is 14.5. The van der Waals surface area contributed by atoms with Crippen LogP contribution in [0.5, 0.6) is 0 Å². The van der Waals surface area contributed by atoms with Crippen LogP contribution in [0.3, 0.4) is 0 Å². The maximum absolute atomic E-state index is 3.93. The molecule has 0 saturated heterocycles. The molecule has 19 heavy (non-hydrogen) atoms. The number of hydrogen-bond donors (Lipinski definition) is 0. The van der Waals surface area contributed by atoms with Crippen LogP contribution in [0.25, 0.3) is 0 Å². The van der Waals surface area contributed by atoms with E-state index < -0.39 is 0 Å². The largest absolute Gasteiger partial charge is 0.0836 e. The minimum atomic E-state index is 0.243. The molecule has 1 aromatic rings. The SMILES string of the molecule is CCCC(CCC)C(Br)c1ccc(C(C)(C)C)cc1. The molecule has 0 aliphatic heterocycles. The van der Waals surface area contributed by atoms with E-state index in [1.807, 2.05) is 0 Å². The minimum absolute atomic E-state index is 0.243. The first-order valence-electron chi connectivity index (χ1n) is 7.64. The van der Waals surface area contributed by atoms with Crippen molar-refractivity contribution in [3.63, 3.8) is 0 Å². The molecule has 0 aliphatic carbocycles. The molecule has 108 valence electrons. The van der Waals surface area contributed by atoms with Gasteiger partial charge in [0.25, 0.3) is 0 Å². The average molecular weight is 325 g/mol. The molecule has 1 unspecified atom stereocenters. The molecule has 0 amide bonds. The van der Waals surface area contributed by atoms with E-state index in [4.69, 9.17) is 0 Å². The molecule has 0 bridgehead atoms. The first-order chi connectivity index (χ1) is 8.90. The molecule has 0 spiro atoms. The zero-order valence-corrected chi connectivity index (χ0v) is 14.8. The van der Waals surface area contributed by atoms with Gasteiger partial charge in [-0.1, -0.05) is 87.7 Å². The van der Waals surface area contributed by atoms with Crippen molar-refractivity contribution in [1.82, 2.24) is 0 Å². The predicted octanol–water partition coefficient (Wildman–Crippen LogP) is 6.64. The molecule has 0 radical (unpaired) electrons. The van der Waals surface area contributed by atoms with Gasteiger partial charge >= 0.3 is 0 Å². The van der Waals surface area contributed by atoms with E-state index in [-0.39, 0.29) is 5.41 Å². The molecule has 0 N–H and O–H groups in total. The Kier molecular flexibility index (Phi) is 6.59. The smallest absolute Gasteiger partial charge is 0.0423 e. The quantitative estimate of drug-likeness (QED) is 0.514. The molecular formula is C18H29Br. The molecule has 0 heterocycles. The lowest BCUT2D eigenvalue weighted by Gasteiger charge is -2.24. The Hall–Kier alpha value is -0.300. The van der Waals surface area contributed by atoms with Gasteiger partial charge in [0, 0.05) is 4.83 Å². The van der Waals surface area contributed by atoms with Gasteiger partial charge in [-0.25, -0.2) is 0 Å². The third kappa shape index (κ3) is 4.95. The van der Waals surface area contributed by atoms with Crippen molar-refractivity contribution in [2.24, 2.45) is 5.92 Å². The van der Waals surface area contributed by atoms with Crippen LogP contribution in [0, 0.1) is 5.92 Å². The fourth-order valence-corrected chi connectivity index (χ4v) is 3.45. The van der Waals surface area contributed by atoms with E-state index in [2.05, 4.69) is 74.8 Å². The summed E-state index contributed by atoms with van der Waals surface area (Å²) in [5.74, 6) is 0.760. The van der Waals surface area contributed by atoms with Gasteiger partial charge in [0.05, 0.1) is 0 Å². The zero-order valence-electron chi connectivity index (χ0n) is 13.2. The van der Waals surface area contributed by atoms with Gasteiger partial charge in [-0.2, -0.15) is 0 Å². The Balaban J connectivity index is 2.83. The number of benzene rings is 1. The Morgan fingerprint density at radius 2 is 1.42 bits per heavy atom. The fourth-order valence-electron chi connectivity index (χ4n) is 2.62. The summed E-state index contributed by atoms with van der Waals surface area (Å²) in [7, 11) is 0. The van der Waals surface area contributed by atoms with Crippen molar-refractivity contribution >= 4 is 15.9 Å². The van der Waals surface area contributed by atoms with E-state index in [0.717, 1.165) is 5.92 Å². The van der Waals surface area contributed by atoms with Crippen LogP contribution in [0.1, 0.15) is 76.3 Å². The first-order valence-corrected chi connectivity index (χ1v) is 8.56. The van der Waals surface area contributed by atoms with Crippen molar-refractivity contribution in [2.75, 3.05) is 0 Å². The maximum atomic E-state index is 3.93. The second kappa shape index (κ2) is 7.47. The highest BCUT2D eigenvalue weighted by Gasteiger charge is 2.20. The van der Waals surface area contributed by atoms with Crippen LogP contribution >= 0.6 is 15.9 Å². The Labute approximate surface area is 128 Å². The molecule has 0 saturated carbocycles. The monoisotopic (exact) mass is 324 g/mol. The Bertz CT molecular complexity index is 352. The predicted molar refractivity (Wildman–Crippen MR) is 90.1 cm³/mol. The second-order valence-electron chi connectivity index (χ2n) is 6.61. The molecule has 1 aromatic carbocycles. The lowest BCUT2D eigenvalue weighted by Crippen LogP contribution is -2.12. The number of hydrogen-bond acceptors (Lipinski definition) is 0. The minimum Gasteiger partial charge on any atom is -0.0836 e. The van der Waals surface area contributed by atoms with E-state index in [1.165, 1.54) is 36.8 Å². The molecule has 1 rings (SSSR count). The van der Waals surface area contributed by atoms with Gasteiger partial charge in [-0.3, -0.25) is 0 Å². The number of rotatable bonds is 6. The lowest BCUT2D eigenvalue weighted by atomic mass is 9.85. The molecule has 0 aliphatic rings. The maximum Gasteiger partial charge on any atom is 0.0423 e. The molecule has 0 fully saturated rings. The van der Waals surface area contributed by atoms with Crippen molar-refractivity contribution < 1.29 is 0 Å². The van der Waals surface area contributed by atoms with Crippen LogP contribution in [-0.2, 0) is 5.41 Å². The van der Waals surface area contributed by atoms with Crippen molar-refractivity contribution in [1.29, 1.82) is 0 Å². The summed E-state index contributed by atoms with van der Waals surface area (Å²) in [4.78, 5) is 0.501. The number of halogens is 1. The molecular weight excluding hydrogens is 296 g/mol. The molecule has 1 heteroatoms. The third-order valence-corrected chi connectivity index (χ3v) is 5.10. The highest BCUT2D eigenvalue weighted by molar-refractivity contribution is 9.09. The van der Waals surface area contributed by atoms with Gasteiger partial charge in [0.15, 0.2) is 0 Å². The Morgan fingerprint density at radius 3 is 1.79 bits per heavy atom. The van der Waals surface area contributed by atoms with Gasteiger partial charge in [0.2, 0.25) is 0 Å². The standard InChI is InChI=1S/C18H29Br/c1-6-8-14(9-7-2)17(19)15-10-12-16(13-11-15)18(3,4)5/h10-14,17H,6-9H2,1-5H3. The Morgan fingerprint density at radius 1 is 0.947 bits per heavy atom. The summed E-state index contributed by atoms with van der Waals surface area (Å²) in [6.45, 7) is 11.4. The van der Waals surface area contributed by atoms with Gasteiger partial charge < -0.3 is 0 Å². The average Bonchev–Trinajstić information content (AvgIpc) is 2.37. The fraction of sp³-hybridized carbons (Fsp3) is 0.667. The summed E-state index contributed by atoms with van der Waals surface area (Å²) in [6, 6.07) is 9.19. The van der Waals surface area contributed by atoms with E-state index >= 15 is 0 Å². The summed E-state index contributed by atoms with van der Waals surface area (Å²) < 4.78 is 0. The first kappa shape index (κ1) is 16.8. The van der Waals surface area contributed by atoms with Crippen LogP contribution in [0.4, 0.5) is 0 Å². The molecule has 1 atom stereocenters. The van der Waals surface area contributed by atoms with E-state index in [1.54, 1.807) is 0 Å². The van der Waals surface area contributed by atoms with Crippen LogP contribution in [-0.4, -0.2) is 0 Å². The summed E-state index contributed by atoms with van der Waals surface area (Å²) in [6.07, 6.45) is 5.16. The van der Waals surface area contributed by atoms with Gasteiger partial charge in [-0.05, 0) is 35.3 Å². The van der Waals surface area contributed by atoms with Crippen molar-refractivity contribution in [3.8, 4) is 0 Å². The highest BCUT2D eigenvalue weighted by Crippen LogP contribution is 2.37. The van der Waals surface area contributed by atoms with E-state index in [9.17, 15) is 0 Å². The molecule has 0 aromatic heterocycles. The van der Waals surface area contributed by atoms with Crippen molar-refractivity contribution in [2.45, 2.75) is 70.5 Å². The van der Waals surface area contributed by atoms with Crippen LogP contribution in [0.15, 0.2) is 24.3 Å². The van der Waals surface area contributed by atoms with Gasteiger partial charge in [-0.15, -0.1) is 0 Å². The topological polar surface area (TPSA) is 0 Å². The van der Waals surface area contributed by atoms with Crippen LogP contribution in [0.2, 0.25) is 0 Å². The van der Waals surface area contributed by atoms with Crippen LogP contribution < -0.4 is 0 Å². The summed E-state index contributed by atoms with van der Waals surface area (Å²) in [5.41, 5.74) is 3.09. The second-order valence-corrected chi connectivity index (χ2v) is 7.60. The molecule has 0 nitrogen and oxygen atoms in total. The van der Waals surface area contributed by atoms with Gasteiger partial charge in [0.1, 0.15) is 0 Å². The van der Waals surface area contributed by atoms with E-state index in [0.29, 0.717) is 4.83 Å². The van der Waals surface area contributed by atoms with Crippen molar-refractivity contribution in [3.05, 3.63) is 35.4 Å².